The fourth-order valence-corrected chi connectivity index (χ4v) is 5.89. The molecule has 0 amide bonds. The van der Waals surface area contributed by atoms with Crippen LogP contribution in [0.2, 0.25) is 0 Å². The first-order valence-electron chi connectivity index (χ1n) is 12.0. The molecule has 0 radical (unpaired) electrons. The zero-order valence-electron chi connectivity index (χ0n) is 18.9. The van der Waals surface area contributed by atoms with E-state index in [1.165, 1.54) is 54.0 Å². The molecule has 1 saturated carbocycles. The average Bonchev–Trinajstić information content (AvgIpc) is 2.88. The van der Waals surface area contributed by atoms with Gasteiger partial charge in [-0.2, -0.15) is 21.9 Å². The fourth-order valence-electron chi connectivity index (χ4n) is 5.31. The molecule has 1 aliphatic rings. The molecule has 2 heteroatoms. The molecule has 0 aliphatic heterocycles. The Hall–Kier alpha value is -2.63. The van der Waals surface area contributed by atoms with Crippen molar-refractivity contribution in [2.24, 2.45) is 0 Å². The molecular formula is C30H34BP. The van der Waals surface area contributed by atoms with Gasteiger partial charge in [-0.05, 0) is 34.9 Å². The van der Waals surface area contributed by atoms with Gasteiger partial charge in [0.05, 0.1) is 5.66 Å². The molecule has 0 spiro atoms. The molecule has 1 unspecified atom stereocenters. The van der Waals surface area contributed by atoms with Gasteiger partial charge in [0.2, 0.25) is 0 Å². The first-order valence-corrected chi connectivity index (χ1v) is 12.8. The van der Waals surface area contributed by atoms with Crippen LogP contribution < -0.4 is 21.9 Å². The molecule has 0 heterocycles. The van der Waals surface area contributed by atoms with E-state index in [2.05, 4.69) is 131 Å². The lowest BCUT2D eigenvalue weighted by Gasteiger charge is -2.44. The van der Waals surface area contributed by atoms with Crippen molar-refractivity contribution in [3.05, 3.63) is 121 Å². The zero-order chi connectivity index (χ0) is 22.1. The second kappa shape index (κ2) is 11.3. The zero-order valence-corrected chi connectivity index (χ0v) is 20.4. The summed E-state index contributed by atoms with van der Waals surface area (Å²) in [5, 5.41) is 0. The second-order valence-electron chi connectivity index (χ2n) is 9.01. The normalized spacial score (nSPS) is 14.4. The predicted molar refractivity (Wildman–Crippen MR) is 148 cm³/mol. The second-order valence-corrected chi connectivity index (χ2v) is 10.2. The summed E-state index contributed by atoms with van der Waals surface area (Å²) in [6.45, 7) is 0. The Labute approximate surface area is 196 Å². The summed E-state index contributed by atoms with van der Waals surface area (Å²) in [6, 6.07) is 43.5. The molecule has 32 heavy (non-hydrogen) atoms. The van der Waals surface area contributed by atoms with Crippen molar-refractivity contribution in [2.45, 2.75) is 37.8 Å². The molecule has 0 saturated heterocycles. The van der Waals surface area contributed by atoms with E-state index in [0.717, 1.165) is 5.66 Å². The van der Waals surface area contributed by atoms with Crippen LogP contribution in [0.15, 0.2) is 121 Å². The lowest BCUT2D eigenvalue weighted by atomic mass is 9.13. The molecule has 1 atom stereocenters. The van der Waals surface area contributed by atoms with Crippen molar-refractivity contribution in [1.82, 2.24) is 0 Å². The van der Waals surface area contributed by atoms with Crippen LogP contribution in [0.5, 0.6) is 0 Å². The van der Waals surface area contributed by atoms with Gasteiger partial charge in [-0.25, -0.2) is 0 Å². The van der Waals surface area contributed by atoms with Gasteiger partial charge >= 0.3 is 0 Å². The average molecular weight is 436 g/mol. The maximum absolute atomic E-state index is 2.26. The molecular weight excluding hydrogens is 402 g/mol. The van der Waals surface area contributed by atoms with E-state index in [1.807, 2.05) is 0 Å². The number of hydrogen-bond donors (Lipinski definition) is 0. The molecule has 4 aromatic rings. The maximum Gasteiger partial charge on any atom is 0.108 e. The Morgan fingerprint density at radius 3 is 0.938 bits per heavy atom. The maximum atomic E-state index is 2.26. The van der Waals surface area contributed by atoms with E-state index in [1.54, 1.807) is 0 Å². The Kier molecular flexibility index (Phi) is 7.97. The van der Waals surface area contributed by atoms with E-state index in [4.69, 9.17) is 0 Å². The molecule has 0 nitrogen and oxygen atoms in total. The van der Waals surface area contributed by atoms with Gasteiger partial charge in [0, 0.05) is 0 Å². The van der Waals surface area contributed by atoms with Gasteiger partial charge in [0.15, 0.2) is 0 Å². The summed E-state index contributed by atoms with van der Waals surface area (Å²) in [6.07, 6.45) is 6.26. The summed E-state index contributed by atoms with van der Waals surface area (Å²) < 4.78 is 0. The molecule has 0 aromatic heterocycles. The Balaban J connectivity index is 0.000000300. The first kappa shape index (κ1) is 22.6. The summed E-state index contributed by atoms with van der Waals surface area (Å²) in [4.78, 5) is 0. The van der Waals surface area contributed by atoms with Crippen molar-refractivity contribution in [3.63, 3.8) is 0 Å². The highest BCUT2D eigenvalue weighted by Gasteiger charge is 2.31. The lowest BCUT2D eigenvalue weighted by Crippen LogP contribution is -2.74. The van der Waals surface area contributed by atoms with Gasteiger partial charge < -0.3 is 0 Å². The summed E-state index contributed by atoms with van der Waals surface area (Å²) >= 11 is 0. The molecule has 1 fully saturated rings. The minimum Gasteiger partial charge on any atom is -0.195 e. The highest BCUT2D eigenvalue weighted by molar-refractivity contribution is 7.19. The minimum atomic E-state index is -1.22. The van der Waals surface area contributed by atoms with Crippen molar-refractivity contribution >= 4 is 37.2 Å². The molecule has 5 rings (SSSR count). The topological polar surface area (TPSA) is 0 Å². The van der Waals surface area contributed by atoms with Crippen molar-refractivity contribution < 1.29 is 0 Å². The van der Waals surface area contributed by atoms with E-state index >= 15 is 0 Å². The fraction of sp³-hybridized carbons (Fsp3) is 0.200. The summed E-state index contributed by atoms with van der Waals surface area (Å²) in [7, 11) is 2.18. The molecule has 0 N–H and O–H groups in total. The van der Waals surface area contributed by atoms with Crippen LogP contribution in [-0.4, -0.2) is 11.8 Å². The predicted octanol–water partition coefficient (Wildman–Crippen LogP) is 4.99. The van der Waals surface area contributed by atoms with Crippen LogP contribution >= 0.6 is 9.24 Å². The smallest absolute Gasteiger partial charge is 0.108 e. The van der Waals surface area contributed by atoms with E-state index in [-0.39, 0.29) is 0 Å². The van der Waals surface area contributed by atoms with Crippen LogP contribution in [-0.2, 0) is 0 Å². The quantitative estimate of drug-likeness (QED) is 0.312. The van der Waals surface area contributed by atoms with Gasteiger partial charge in [0.1, 0.15) is 6.15 Å². The lowest BCUT2D eigenvalue weighted by molar-refractivity contribution is 0.516. The largest absolute Gasteiger partial charge is 0.195 e. The van der Waals surface area contributed by atoms with Crippen LogP contribution in [0.1, 0.15) is 32.1 Å². The van der Waals surface area contributed by atoms with Crippen LogP contribution in [0.25, 0.3) is 0 Å². The SMILES string of the molecule is [PH3+]C1CCCCC1.c1ccc([B-](c2ccccc2)(c2ccccc2)c2ccccc2)cc1. The summed E-state index contributed by atoms with van der Waals surface area (Å²) in [5.74, 6) is 0. The van der Waals surface area contributed by atoms with Gasteiger partial charge in [-0.1, -0.05) is 128 Å². The third-order valence-electron chi connectivity index (χ3n) is 6.92. The standard InChI is InChI=1S/C24H20B.C6H13P/c1-5-13-21(14-6-1)25(22-15-7-2-8-16-22,23-17-9-3-10-18-23)24-19-11-4-12-20-24;7-6-4-2-1-3-5-6/h1-20H;6H,1-5,7H2/q-1;/p+1. The molecule has 0 bridgehead atoms. The number of hydrogen-bond acceptors (Lipinski definition) is 0. The van der Waals surface area contributed by atoms with Crippen molar-refractivity contribution in [3.8, 4) is 0 Å². The molecule has 162 valence electrons. The number of benzene rings is 4. The van der Waals surface area contributed by atoms with Crippen LogP contribution in [0.4, 0.5) is 0 Å². The highest BCUT2D eigenvalue weighted by Crippen LogP contribution is 2.23. The summed E-state index contributed by atoms with van der Waals surface area (Å²) in [5.41, 5.74) is 6.42. The van der Waals surface area contributed by atoms with Crippen LogP contribution in [0.3, 0.4) is 0 Å². The van der Waals surface area contributed by atoms with Crippen molar-refractivity contribution in [1.29, 1.82) is 0 Å². The van der Waals surface area contributed by atoms with Gasteiger partial charge in [-0.15, -0.1) is 0 Å². The first-order chi connectivity index (χ1) is 15.8. The monoisotopic (exact) mass is 436 g/mol. The van der Waals surface area contributed by atoms with Gasteiger partial charge in [0.25, 0.3) is 0 Å². The van der Waals surface area contributed by atoms with E-state index in [9.17, 15) is 0 Å². The third-order valence-corrected chi connectivity index (χ3v) is 7.74. The van der Waals surface area contributed by atoms with E-state index in [0.29, 0.717) is 0 Å². The number of rotatable bonds is 4. The Bertz CT molecular complexity index is 880. The minimum absolute atomic E-state index is 1.06. The Morgan fingerprint density at radius 1 is 0.438 bits per heavy atom. The van der Waals surface area contributed by atoms with Gasteiger partial charge in [-0.3, -0.25) is 0 Å². The van der Waals surface area contributed by atoms with Crippen LogP contribution in [0, 0.1) is 0 Å². The molecule has 4 aromatic carbocycles. The third kappa shape index (κ3) is 5.06. The van der Waals surface area contributed by atoms with Crippen molar-refractivity contribution in [2.75, 3.05) is 0 Å². The van der Waals surface area contributed by atoms with E-state index < -0.39 is 6.15 Å². The highest BCUT2D eigenvalue weighted by atomic mass is 31.0. The Morgan fingerprint density at radius 2 is 0.719 bits per heavy atom. The molecule has 1 aliphatic carbocycles.